The van der Waals surface area contributed by atoms with Crippen molar-refractivity contribution in [2.24, 2.45) is 5.92 Å². The SMILES string of the molecule is CCCC[C@H](CC)C(=O)Nc1c2c(nc3c1CCC3)CCCC2. The average molecular weight is 314 g/mol. The molecule has 3 rings (SSSR count). The standard InChI is InChI=1S/C20H30N2O/c1-3-5-9-14(4-2)20(23)22-19-15-10-6-7-12-17(15)21-18-13-8-11-16(18)19/h14H,3-13H2,1-2H3,(H,21,22,23)/t14-/m0/s1. The highest BCUT2D eigenvalue weighted by molar-refractivity contribution is 5.94. The zero-order valence-corrected chi connectivity index (χ0v) is 14.7. The van der Waals surface area contributed by atoms with Gasteiger partial charge in [0.2, 0.25) is 5.91 Å². The zero-order chi connectivity index (χ0) is 16.2. The predicted molar refractivity (Wildman–Crippen MR) is 94.8 cm³/mol. The van der Waals surface area contributed by atoms with Gasteiger partial charge >= 0.3 is 0 Å². The van der Waals surface area contributed by atoms with Crippen LogP contribution >= 0.6 is 0 Å². The van der Waals surface area contributed by atoms with Crippen molar-refractivity contribution in [3.8, 4) is 0 Å². The minimum atomic E-state index is 0.152. The Labute approximate surface area is 140 Å². The first-order valence-corrected chi connectivity index (χ1v) is 9.58. The molecular weight excluding hydrogens is 284 g/mol. The van der Waals surface area contributed by atoms with Crippen LogP contribution in [0.2, 0.25) is 0 Å². The lowest BCUT2D eigenvalue weighted by Gasteiger charge is -2.24. The van der Waals surface area contributed by atoms with Gasteiger partial charge in [-0.2, -0.15) is 0 Å². The number of aromatic nitrogens is 1. The number of amides is 1. The Bertz CT molecular complexity index is 579. The van der Waals surface area contributed by atoms with Gasteiger partial charge in [-0.15, -0.1) is 0 Å². The van der Waals surface area contributed by atoms with Gasteiger partial charge in [-0.1, -0.05) is 26.7 Å². The second-order valence-electron chi connectivity index (χ2n) is 7.13. The number of carbonyl (C=O) groups excluding carboxylic acids is 1. The van der Waals surface area contributed by atoms with Crippen molar-refractivity contribution >= 4 is 11.6 Å². The fraction of sp³-hybridized carbons (Fsp3) is 0.700. The highest BCUT2D eigenvalue weighted by atomic mass is 16.1. The number of hydrogen-bond donors (Lipinski definition) is 1. The molecule has 0 radical (unpaired) electrons. The van der Waals surface area contributed by atoms with E-state index in [1.54, 1.807) is 0 Å². The quantitative estimate of drug-likeness (QED) is 0.833. The number of carbonyl (C=O) groups is 1. The monoisotopic (exact) mass is 314 g/mol. The van der Waals surface area contributed by atoms with Crippen LogP contribution in [0.25, 0.3) is 0 Å². The van der Waals surface area contributed by atoms with E-state index in [1.807, 2.05) is 0 Å². The Kier molecular flexibility index (Phi) is 5.34. The van der Waals surface area contributed by atoms with Crippen molar-refractivity contribution < 1.29 is 4.79 Å². The van der Waals surface area contributed by atoms with Crippen molar-refractivity contribution in [2.75, 3.05) is 5.32 Å². The lowest BCUT2D eigenvalue weighted by atomic mass is 9.91. The number of pyridine rings is 1. The lowest BCUT2D eigenvalue weighted by Crippen LogP contribution is -2.25. The highest BCUT2D eigenvalue weighted by Gasteiger charge is 2.26. The number of rotatable bonds is 6. The molecule has 0 fully saturated rings. The summed E-state index contributed by atoms with van der Waals surface area (Å²) in [4.78, 5) is 17.7. The topological polar surface area (TPSA) is 42.0 Å². The molecule has 1 heterocycles. The van der Waals surface area contributed by atoms with Crippen LogP contribution in [-0.2, 0) is 30.5 Å². The first kappa shape index (κ1) is 16.5. The minimum Gasteiger partial charge on any atom is -0.325 e. The molecule has 3 heteroatoms. The maximum Gasteiger partial charge on any atom is 0.227 e. The van der Waals surface area contributed by atoms with Crippen LogP contribution in [0.5, 0.6) is 0 Å². The first-order valence-electron chi connectivity index (χ1n) is 9.58. The van der Waals surface area contributed by atoms with Gasteiger partial charge < -0.3 is 5.32 Å². The molecule has 1 aromatic rings. The molecule has 1 atom stereocenters. The molecule has 1 aromatic heterocycles. The number of hydrogen-bond acceptors (Lipinski definition) is 2. The van der Waals surface area contributed by atoms with E-state index in [0.717, 1.165) is 57.1 Å². The molecule has 0 saturated carbocycles. The van der Waals surface area contributed by atoms with E-state index in [1.165, 1.54) is 41.8 Å². The third-order valence-corrected chi connectivity index (χ3v) is 5.52. The summed E-state index contributed by atoms with van der Waals surface area (Å²) in [6.45, 7) is 4.32. The Morgan fingerprint density at radius 3 is 2.39 bits per heavy atom. The molecule has 0 unspecified atom stereocenters. The van der Waals surface area contributed by atoms with Crippen molar-refractivity contribution in [1.29, 1.82) is 0 Å². The number of unbranched alkanes of at least 4 members (excludes halogenated alkanes) is 1. The van der Waals surface area contributed by atoms with E-state index < -0.39 is 0 Å². The number of fused-ring (bicyclic) bond motifs is 2. The summed E-state index contributed by atoms with van der Waals surface area (Å²) < 4.78 is 0. The zero-order valence-electron chi connectivity index (χ0n) is 14.7. The number of aryl methyl sites for hydroxylation is 2. The van der Waals surface area contributed by atoms with E-state index in [4.69, 9.17) is 4.98 Å². The molecule has 2 aliphatic carbocycles. The van der Waals surface area contributed by atoms with E-state index in [-0.39, 0.29) is 11.8 Å². The maximum absolute atomic E-state index is 12.8. The number of nitrogens with one attached hydrogen (secondary N) is 1. The van der Waals surface area contributed by atoms with Crippen LogP contribution in [0.1, 0.15) is 81.3 Å². The van der Waals surface area contributed by atoms with Crippen LogP contribution < -0.4 is 5.32 Å². The molecule has 0 aliphatic heterocycles. The Balaban J connectivity index is 1.87. The summed E-state index contributed by atoms with van der Waals surface area (Å²) >= 11 is 0. The van der Waals surface area contributed by atoms with Gasteiger partial charge in [0.05, 0.1) is 5.69 Å². The van der Waals surface area contributed by atoms with Crippen molar-refractivity contribution in [2.45, 2.75) is 84.5 Å². The fourth-order valence-corrected chi connectivity index (χ4v) is 4.09. The summed E-state index contributed by atoms with van der Waals surface area (Å²) in [7, 11) is 0. The van der Waals surface area contributed by atoms with Gasteiger partial charge in [0.1, 0.15) is 0 Å². The van der Waals surface area contributed by atoms with Crippen LogP contribution in [0.4, 0.5) is 5.69 Å². The molecule has 23 heavy (non-hydrogen) atoms. The Hall–Kier alpha value is -1.38. The van der Waals surface area contributed by atoms with Gasteiger partial charge in [0.25, 0.3) is 0 Å². The van der Waals surface area contributed by atoms with Gasteiger partial charge in [0.15, 0.2) is 0 Å². The summed E-state index contributed by atoms with van der Waals surface area (Å²) in [6, 6.07) is 0. The smallest absolute Gasteiger partial charge is 0.227 e. The Morgan fingerprint density at radius 2 is 1.70 bits per heavy atom. The van der Waals surface area contributed by atoms with Crippen molar-refractivity contribution in [3.63, 3.8) is 0 Å². The predicted octanol–water partition coefficient (Wildman–Crippen LogP) is 4.60. The van der Waals surface area contributed by atoms with Gasteiger partial charge in [-0.25, -0.2) is 0 Å². The second-order valence-corrected chi connectivity index (χ2v) is 7.13. The van der Waals surface area contributed by atoms with Crippen LogP contribution in [-0.4, -0.2) is 10.9 Å². The van der Waals surface area contributed by atoms with E-state index in [2.05, 4.69) is 19.2 Å². The normalized spacial score (nSPS) is 17.5. The Morgan fingerprint density at radius 1 is 1.04 bits per heavy atom. The van der Waals surface area contributed by atoms with E-state index >= 15 is 0 Å². The molecule has 3 nitrogen and oxygen atoms in total. The molecule has 0 aromatic carbocycles. The lowest BCUT2D eigenvalue weighted by molar-refractivity contribution is -0.120. The number of nitrogens with zero attached hydrogens (tertiary/aromatic N) is 1. The molecule has 1 amide bonds. The highest BCUT2D eigenvalue weighted by Crippen LogP contribution is 2.36. The van der Waals surface area contributed by atoms with Gasteiger partial charge in [0, 0.05) is 17.3 Å². The van der Waals surface area contributed by atoms with Crippen LogP contribution in [0, 0.1) is 5.92 Å². The summed E-state index contributed by atoms with van der Waals surface area (Å²) in [6.07, 6.45) is 12.2. The molecule has 0 bridgehead atoms. The van der Waals surface area contributed by atoms with Crippen molar-refractivity contribution in [3.05, 3.63) is 22.5 Å². The molecule has 2 aliphatic rings. The largest absolute Gasteiger partial charge is 0.325 e. The van der Waals surface area contributed by atoms with Crippen molar-refractivity contribution in [1.82, 2.24) is 4.98 Å². The molecule has 0 spiro atoms. The summed E-state index contributed by atoms with van der Waals surface area (Å²) in [5.74, 6) is 0.383. The average Bonchev–Trinajstić information content (AvgIpc) is 3.03. The molecule has 1 N–H and O–H groups in total. The summed E-state index contributed by atoms with van der Waals surface area (Å²) in [5.41, 5.74) is 6.35. The third kappa shape index (κ3) is 3.44. The molecule has 126 valence electrons. The van der Waals surface area contributed by atoms with Crippen LogP contribution in [0.15, 0.2) is 0 Å². The minimum absolute atomic E-state index is 0.152. The first-order chi connectivity index (χ1) is 11.2. The maximum atomic E-state index is 12.8. The second kappa shape index (κ2) is 7.46. The molecule has 0 saturated heterocycles. The van der Waals surface area contributed by atoms with E-state index in [0.29, 0.717) is 0 Å². The van der Waals surface area contributed by atoms with Crippen LogP contribution in [0.3, 0.4) is 0 Å². The molecular formula is C20H30N2O. The summed E-state index contributed by atoms with van der Waals surface area (Å²) in [5, 5.41) is 3.35. The van der Waals surface area contributed by atoms with E-state index in [9.17, 15) is 4.79 Å². The van der Waals surface area contributed by atoms with Gasteiger partial charge in [-0.05, 0) is 68.9 Å². The number of anilines is 1. The fourth-order valence-electron chi connectivity index (χ4n) is 4.09. The van der Waals surface area contributed by atoms with Gasteiger partial charge in [-0.3, -0.25) is 9.78 Å². The third-order valence-electron chi connectivity index (χ3n) is 5.52.